The lowest BCUT2D eigenvalue weighted by Crippen LogP contribution is -2.46. The Kier molecular flexibility index (Phi) is 5.39. The maximum Gasteiger partial charge on any atom is 0.0218 e. The van der Waals surface area contributed by atoms with Crippen LogP contribution in [0.15, 0.2) is 0 Å². The Balaban J connectivity index is 1.52. The predicted octanol–water partition coefficient (Wildman–Crippen LogP) is 3.81. The normalized spacial score (nSPS) is 37.4. The number of hydrogen-bond donors (Lipinski definition) is 1. The van der Waals surface area contributed by atoms with E-state index in [1.165, 1.54) is 83.7 Å². The fourth-order valence-electron chi connectivity index (χ4n) is 5.06. The van der Waals surface area contributed by atoms with Gasteiger partial charge in [-0.25, -0.2) is 0 Å². The summed E-state index contributed by atoms with van der Waals surface area (Å²) in [5, 5.41) is 4.00. The molecule has 3 atom stereocenters. The van der Waals surface area contributed by atoms with Crippen molar-refractivity contribution in [2.45, 2.75) is 82.7 Å². The molecule has 2 saturated carbocycles. The first kappa shape index (κ1) is 14.8. The Morgan fingerprint density at radius 3 is 2.35 bits per heavy atom. The maximum atomic E-state index is 4.00. The van der Waals surface area contributed by atoms with E-state index in [-0.39, 0.29) is 0 Å². The molecule has 1 saturated heterocycles. The summed E-state index contributed by atoms with van der Waals surface area (Å²) in [5.41, 5.74) is 0. The van der Waals surface area contributed by atoms with Gasteiger partial charge in [0.25, 0.3) is 0 Å². The molecular formula is C18H34N2. The van der Waals surface area contributed by atoms with Crippen molar-refractivity contribution in [1.82, 2.24) is 10.2 Å². The topological polar surface area (TPSA) is 15.3 Å². The third kappa shape index (κ3) is 3.57. The zero-order chi connectivity index (χ0) is 13.8. The molecule has 2 heteroatoms. The molecular weight excluding hydrogens is 244 g/mol. The van der Waals surface area contributed by atoms with Gasteiger partial charge in [0.1, 0.15) is 0 Å². The first-order valence-corrected chi connectivity index (χ1v) is 9.28. The van der Waals surface area contributed by atoms with Crippen molar-refractivity contribution in [2.75, 3.05) is 20.1 Å². The second-order valence-electron chi connectivity index (χ2n) is 7.64. The zero-order valence-corrected chi connectivity index (χ0v) is 13.4. The van der Waals surface area contributed by atoms with E-state index in [4.69, 9.17) is 0 Å². The Morgan fingerprint density at radius 1 is 0.850 bits per heavy atom. The van der Waals surface area contributed by atoms with Crippen LogP contribution in [0.25, 0.3) is 0 Å². The minimum Gasteiger partial charge on any atom is -0.312 e. The molecule has 2 aliphatic carbocycles. The molecule has 0 aromatic rings. The Labute approximate surface area is 125 Å². The molecule has 0 aromatic carbocycles. The molecule has 2 nitrogen and oxygen atoms in total. The van der Waals surface area contributed by atoms with Crippen molar-refractivity contribution in [3.05, 3.63) is 0 Å². The minimum absolute atomic E-state index is 0.809. The number of nitrogens with zero attached hydrogens (tertiary/aromatic N) is 1. The quantitative estimate of drug-likeness (QED) is 0.841. The van der Waals surface area contributed by atoms with Crippen LogP contribution in [-0.2, 0) is 0 Å². The molecule has 0 spiro atoms. The highest BCUT2D eigenvalue weighted by Crippen LogP contribution is 2.38. The molecule has 1 heterocycles. The molecule has 1 N–H and O–H groups in total. The van der Waals surface area contributed by atoms with Crippen molar-refractivity contribution in [1.29, 1.82) is 0 Å². The van der Waals surface area contributed by atoms with E-state index >= 15 is 0 Å². The maximum absolute atomic E-state index is 4.00. The van der Waals surface area contributed by atoms with E-state index in [2.05, 4.69) is 17.3 Å². The summed E-state index contributed by atoms with van der Waals surface area (Å²) in [6.45, 7) is 2.55. The van der Waals surface area contributed by atoms with Crippen LogP contribution in [0.5, 0.6) is 0 Å². The molecule has 1 aliphatic heterocycles. The third-order valence-electron chi connectivity index (χ3n) is 6.36. The van der Waals surface area contributed by atoms with Crippen molar-refractivity contribution < 1.29 is 0 Å². The van der Waals surface area contributed by atoms with Gasteiger partial charge in [0.15, 0.2) is 0 Å². The number of hydrogen-bond acceptors (Lipinski definition) is 2. The Bertz CT molecular complexity index is 285. The van der Waals surface area contributed by atoms with Gasteiger partial charge >= 0.3 is 0 Å². The average Bonchev–Trinajstić information content (AvgIpc) is 2.92. The van der Waals surface area contributed by atoms with E-state index in [1.54, 1.807) is 0 Å². The second kappa shape index (κ2) is 7.26. The molecule has 3 aliphatic rings. The summed E-state index contributed by atoms with van der Waals surface area (Å²) >= 11 is 0. The van der Waals surface area contributed by atoms with E-state index in [0.29, 0.717) is 0 Å². The summed E-state index contributed by atoms with van der Waals surface area (Å²) in [4.78, 5) is 2.56. The van der Waals surface area contributed by atoms with Gasteiger partial charge in [-0.05, 0) is 51.1 Å². The monoisotopic (exact) mass is 278 g/mol. The average molecular weight is 278 g/mol. The van der Waals surface area contributed by atoms with Crippen LogP contribution in [-0.4, -0.2) is 37.1 Å². The Hall–Kier alpha value is -0.0800. The fraction of sp³-hybridized carbons (Fsp3) is 1.00. The largest absolute Gasteiger partial charge is 0.312 e. The van der Waals surface area contributed by atoms with Gasteiger partial charge in [-0.1, -0.05) is 44.9 Å². The third-order valence-corrected chi connectivity index (χ3v) is 6.36. The van der Waals surface area contributed by atoms with Crippen LogP contribution < -0.4 is 5.32 Å². The molecule has 0 aromatic heterocycles. The van der Waals surface area contributed by atoms with Gasteiger partial charge in [0.2, 0.25) is 0 Å². The molecule has 3 rings (SSSR count). The van der Waals surface area contributed by atoms with E-state index in [9.17, 15) is 0 Å². The van der Waals surface area contributed by atoms with Gasteiger partial charge in [0.05, 0.1) is 0 Å². The molecule has 116 valence electrons. The highest BCUT2D eigenvalue weighted by molar-refractivity contribution is 4.89. The van der Waals surface area contributed by atoms with Crippen LogP contribution >= 0.6 is 0 Å². The lowest BCUT2D eigenvalue weighted by atomic mass is 9.71. The fourth-order valence-corrected chi connectivity index (χ4v) is 5.06. The van der Waals surface area contributed by atoms with Crippen LogP contribution in [0.2, 0.25) is 0 Å². The van der Waals surface area contributed by atoms with Gasteiger partial charge in [-0.2, -0.15) is 0 Å². The van der Waals surface area contributed by atoms with E-state index in [0.717, 1.165) is 23.9 Å². The molecule has 0 radical (unpaired) electrons. The van der Waals surface area contributed by atoms with Crippen LogP contribution in [0.3, 0.4) is 0 Å². The summed E-state index contributed by atoms with van der Waals surface area (Å²) in [6, 6.07) is 1.64. The van der Waals surface area contributed by atoms with Crippen molar-refractivity contribution in [3.63, 3.8) is 0 Å². The minimum atomic E-state index is 0.809. The molecule has 3 unspecified atom stereocenters. The van der Waals surface area contributed by atoms with Gasteiger partial charge in [-0.3, -0.25) is 0 Å². The van der Waals surface area contributed by atoms with E-state index < -0.39 is 0 Å². The summed E-state index contributed by atoms with van der Waals surface area (Å²) in [6.07, 6.45) is 16.2. The first-order valence-electron chi connectivity index (χ1n) is 9.28. The van der Waals surface area contributed by atoms with Gasteiger partial charge in [-0.15, -0.1) is 0 Å². The number of nitrogens with one attached hydrogen (secondary N) is 1. The van der Waals surface area contributed by atoms with Crippen molar-refractivity contribution in [3.8, 4) is 0 Å². The SMILES string of the molecule is CN1CCCC1CNC1CCCCC1C1CCCCC1. The van der Waals surface area contributed by atoms with Gasteiger partial charge < -0.3 is 10.2 Å². The standard InChI is InChI=1S/C18H34N2/c1-20-13-7-10-16(20)14-19-18-12-6-5-11-17(18)15-8-3-2-4-9-15/h15-19H,2-14H2,1H3. The number of likely N-dealkylation sites (N-methyl/N-ethyl adjacent to an activating group) is 1. The van der Waals surface area contributed by atoms with Crippen molar-refractivity contribution >= 4 is 0 Å². The summed E-state index contributed by atoms with van der Waals surface area (Å²) < 4.78 is 0. The molecule has 0 bridgehead atoms. The second-order valence-corrected chi connectivity index (χ2v) is 7.64. The van der Waals surface area contributed by atoms with Gasteiger partial charge in [0, 0.05) is 18.6 Å². The van der Waals surface area contributed by atoms with E-state index in [1.807, 2.05) is 0 Å². The smallest absolute Gasteiger partial charge is 0.0218 e. The van der Waals surface area contributed by atoms with Crippen LogP contribution in [0.1, 0.15) is 70.6 Å². The highest BCUT2D eigenvalue weighted by Gasteiger charge is 2.33. The molecule has 3 fully saturated rings. The van der Waals surface area contributed by atoms with Crippen molar-refractivity contribution in [2.24, 2.45) is 11.8 Å². The zero-order valence-electron chi connectivity index (χ0n) is 13.4. The predicted molar refractivity (Wildman–Crippen MR) is 86.0 cm³/mol. The number of rotatable bonds is 4. The van der Waals surface area contributed by atoms with Crippen LogP contribution in [0, 0.1) is 11.8 Å². The van der Waals surface area contributed by atoms with Crippen LogP contribution in [0.4, 0.5) is 0 Å². The molecule has 0 amide bonds. The summed E-state index contributed by atoms with van der Waals surface area (Å²) in [7, 11) is 2.30. The first-order chi connectivity index (χ1) is 9.84. The Morgan fingerprint density at radius 2 is 1.60 bits per heavy atom. The highest BCUT2D eigenvalue weighted by atomic mass is 15.2. The summed E-state index contributed by atoms with van der Waals surface area (Å²) in [5.74, 6) is 2.04. The molecule has 20 heavy (non-hydrogen) atoms. The lowest BCUT2D eigenvalue weighted by Gasteiger charge is -2.40. The number of likely N-dealkylation sites (tertiary alicyclic amines) is 1. The lowest BCUT2D eigenvalue weighted by molar-refractivity contribution is 0.144.